The number of nitrogen functional groups attached to an aromatic ring is 1. The van der Waals surface area contributed by atoms with Crippen molar-refractivity contribution in [3.63, 3.8) is 0 Å². The van der Waals surface area contributed by atoms with E-state index in [4.69, 9.17) is 5.73 Å². The summed E-state index contributed by atoms with van der Waals surface area (Å²) in [7, 11) is 0. The van der Waals surface area contributed by atoms with Crippen molar-refractivity contribution in [2.75, 3.05) is 5.73 Å². The molecular weight excluding hydrogens is 544 g/mol. The first-order valence-electron chi connectivity index (χ1n) is 11.9. The van der Waals surface area contributed by atoms with E-state index < -0.39 is 23.5 Å². The van der Waals surface area contributed by atoms with Crippen LogP contribution in [0.5, 0.6) is 0 Å². The number of imidazole rings is 1. The van der Waals surface area contributed by atoms with Crippen LogP contribution in [0, 0.1) is 0 Å². The molecule has 1 aromatic heterocycles. The van der Waals surface area contributed by atoms with E-state index in [2.05, 4.69) is 0 Å². The molecule has 0 aliphatic heterocycles. The van der Waals surface area contributed by atoms with Gasteiger partial charge in [0.25, 0.3) is 0 Å². The predicted molar refractivity (Wildman–Crippen MR) is 140 cm³/mol. The van der Waals surface area contributed by atoms with Crippen LogP contribution in [0.4, 0.5) is 32.3 Å². The maximum Gasteiger partial charge on any atom is 0.417 e. The zero-order chi connectivity index (χ0) is 27.7. The quantitative estimate of drug-likeness (QED) is 0.132. The molecule has 38 heavy (non-hydrogen) atoms. The molecule has 0 saturated heterocycles. The maximum absolute atomic E-state index is 13.7. The molecule has 4 aromatic rings. The summed E-state index contributed by atoms with van der Waals surface area (Å²) >= 11 is 2.08. The number of anilines is 1. The molecule has 3 nitrogen and oxygen atoms in total. The normalized spacial score (nSPS) is 12.4. The molecule has 4 rings (SSSR count). The molecular formula is C27H26F6N3S2+. The molecule has 11 heteroatoms. The second kappa shape index (κ2) is 11.1. The Morgan fingerprint density at radius 2 is 1.26 bits per heavy atom. The summed E-state index contributed by atoms with van der Waals surface area (Å²) < 4.78 is 85.8. The summed E-state index contributed by atoms with van der Waals surface area (Å²) in [6, 6.07) is 15.5. The average Bonchev–Trinajstić information content (AvgIpc) is 3.14. The monoisotopic (exact) mass is 570 g/mol. The average molecular weight is 571 g/mol. The molecule has 0 fully saturated rings. The largest absolute Gasteiger partial charge is 0.417 e. The van der Waals surface area contributed by atoms with Crippen LogP contribution in [0.15, 0.2) is 70.5 Å². The number of nitrogens with zero attached hydrogens (tertiary/aromatic N) is 2. The van der Waals surface area contributed by atoms with Crippen molar-refractivity contribution in [3.05, 3.63) is 82.9 Å². The number of fused-ring (bicyclic) bond motifs is 1. The van der Waals surface area contributed by atoms with Crippen LogP contribution >= 0.6 is 23.5 Å². The summed E-state index contributed by atoms with van der Waals surface area (Å²) in [5.74, 6) is 0.448. The third kappa shape index (κ3) is 5.63. The summed E-state index contributed by atoms with van der Waals surface area (Å²) in [6.07, 6.45) is -8.14. The molecule has 0 aliphatic carbocycles. The van der Waals surface area contributed by atoms with Crippen molar-refractivity contribution >= 4 is 40.5 Å². The molecule has 0 radical (unpaired) electrons. The van der Waals surface area contributed by atoms with Gasteiger partial charge in [-0.25, -0.2) is 9.13 Å². The Morgan fingerprint density at radius 3 is 1.79 bits per heavy atom. The van der Waals surface area contributed by atoms with Crippen LogP contribution in [0.2, 0.25) is 0 Å². The second-order valence-corrected chi connectivity index (χ2v) is 10.5. The number of aryl methyl sites for hydroxylation is 2. The van der Waals surface area contributed by atoms with Crippen LogP contribution in [0.3, 0.4) is 0 Å². The van der Waals surface area contributed by atoms with Crippen LogP contribution in [-0.4, -0.2) is 4.57 Å². The van der Waals surface area contributed by atoms with Gasteiger partial charge in [-0.15, -0.1) is 0 Å². The molecule has 2 N–H and O–H groups in total. The molecule has 202 valence electrons. The number of hydrogen-bond acceptors (Lipinski definition) is 3. The number of thioether (sulfide) groups is 2. The number of hydrogen-bond donors (Lipinski definition) is 1. The van der Waals surface area contributed by atoms with E-state index in [1.165, 1.54) is 12.1 Å². The molecule has 1 heterocycles. The third-order valence-corrected chi connectivity index (χ3v) is 8.57. The van der Waals surface area contributed by atoms with E-state index in [9.17, 15) is 26.3 Å². The van der Waals surface area contributed by atoms with E-state index in [1.807, 2.05) is 0 Å². The molecule has 0 atom stereocenters. The van der Waals surface area contributed by atoms with Gasteiger partial charge >= 0.3 is 18.3 Å². The van der Waals surface area contributed by atoms with Gasteiger partial charge in [-0.2, -0.15) is 26.3 Å². The van der Waals surface area contributed by atoms with Gasteiger partial charge in [0.05, 0.1) is 11.1 Å². The van der Waals surface area contributed by atoms with Crippen molar-refractivity contribution in [2.45, 2.75) is 60.6 Å². The summed E-state index contributed by atoms with van der Waals surface area (Å²) in [4.78, 5) is 0.291. The van der Waals surface area contributed by atoms with Gasteiger partial charge in [-0.3, -0.25) is 5.73 Å². The van der Waals surface area contributed by atoms with Crippen molar-refractivity contribution in [3.8, 4) is 0 Å². The van der Waals surface area contributed by atoms with Crippen molar-refractivity contribution in [1.82, 2.24) is 4.57 Å². The molecule has 0 unspecified atom stereocenters. The van der Waals surface area contributed by atoms with Crippen LogP contribution in [0.25, 0.3) is 11.0 Å². The van der Waals surface area contributed by atoms with E-state index in [1.54, 1.807) is 59.4 Å². The predicted octanol–water partition coefficient (Wildman–Crippen LogP) is 8.17. The van der Waals surface area contributed by atoms with Gasteiger partial charge < -0.3 is 0 Å². The lowest BCUT2D eigenvalue weighted by molar-refractivity contribution is -0.635. The van der Waals surface area contributed by atoms with Gasteiger partial charge in [0.2, 0.25) is 0 Å². The molecule has 0 aliphatic rings. The Balaban J connectivity index is 1.71. The van der Waals surface area contributed by atoms with E-state index >= 15 is 0 Å². The van der Waals surface area contributed by atoms with Crippen molar-refractivity contribution in [1.29, 1.82) is 0 Å². The Hall–Kier alpha value is -2.79. The second-order valence-electron chi connectivity index (χ2n) is 8.54. The van der Waals surface area contributed by atoms with Gasteiger partial charge in [0, 0.05) is 9.79 Å². The fourth-order valence-electron chi connectivity index (χ4n) is 4.36. The Morgan fingerprint density at radius 1 is 0.737 bits per heavy atom. The molecule has 3 aromatic carbocycles. The lowest BCUT2D eigenvalue weighted by Gasteiger charge is -2.16. The van der Waals surface area contributed by atoms with E-state index in [0.717, 1.165) is 35.7 Å². The highest BCUT2D eigenvalue weighted by molar-refractivity contribution is 7.98. The highest BCUT2D eigenvalue weighted by Gasteiger charge is 2.36. The number of alkyl halides is 6. The number of aromatic nitrogens is 2. The summed E-state index contributed by atoms with van der Waals surface area (Å²) in [6.45, 7) is 3.60. The highest BCUT2D eigenvalue weighted by atomic mass is 32.2. The van der Waals surface area contributed by atoms with Gasteiger partial charge in [-0.05, 0) is 48.2 Å². The fraction of sp³-hybridized carbons (Fsp3) is 0.296. The van der Waals surface area contributed by atoms with Gasteiger partial charge in [0.15, 0.2) is 0 Å². The standard InChI is InChI=1S/C27H25F6N3S2/c1-3-17-9-7-11-19(26(28,29)30)23(17)37-15-35-21-13-5-6-14-22(21)36(25(35)34)16-38-24-18(4-2)10-8-12-20(24)27(31,32)33/h5-14,34H,3-4,15-16H2,1-2H3/p+1. The first-order chi connectivity index (χ1) is 18.0. The smallest absolute Gasteiger partial charge is 0.290 e. The molecule has 0 spiro atoms. The lowest BCUT2D eigenvalue weighted by atomic mass is 10.1. The minimum Gasteiger partial charge on any atom is -0.290 e. The number of para-hydroxylation sites is 2. The number of benzene rings is 3. The minimum absolute atomic E-state index is 0.101. The maximum atomic E-state index is 13.7. The first kappa shape index (κ1) is 28.2. The van der Waals surface area contributed by atoms with Crippen LogP contribution in [-0.2, 0) is 36.9 Å². The van der Waals surface area contributed by atoms with Crippen LogP contribution in [0.1, 0.15) is 36.1 Å². The molecule has 0 bridgehead atoms. The fourth-order valence-corrected chi connectivity index (χ4v) is 6.89. The topological polar surface area (TPSA) is 34.8 Å². The van der Waals surface area contributed by atoms with Crippen molar-refractivity contribution < 1.29 is 30.9 Å². The summed E-state index contributed by atoms with van der Waals surface area (Å²) in [5, 5.41) is 0. The number of halogens is 6. The van der Waals surface area contributed by atoms with Crippen molar-refractivity contribution in [2.24, 2.45) is 0 Å². The van der Waals surface area contributed by atoms with E-state index in [-0.39, 0.29) is 27.5 Å². The van der Waals surface area contributed by atoms with Gasteiger partial charge in [0.1, 0.15) is 22.8 Å². The Kier molecular flexibility index (Phi) is 8.27. The molecule has 0 amide bonds. The van der Waals surface area contributed by atoms with Crippen LogP contribution < -0.4 is 10.3 Å². The third-order valence-electron chi connectivity index (χ3n) is 6.26. The zero-order valence-electron chi connectivity index (χ0n) is 20.7. The number of rotatable bonds is 8. The highest BCUT2D eigenvalue weighted by Crippen LogP contribution is 2.41. The SMILES string of the molecule is CCc1cccc(C(F)(F)F)c1SCn1c(N)[n+](CSc2c(CC)cccc2C(F)(F)F)c2ccccc21. The zero-order valence-corrected chi connectivity index (χ0v) is 22.3. The van der Waals surface area contributed by atoms with E-state index in [0.29, 0.717) is 35.0 Å². The minimum atomic E-state index is -4.50. The van der Waals surface area contributed by atoms with Gasteiger partial charge in [-0.1, -0.05) is 73.8 Å². The Bertz CT molecular complexity index is 1340. The number of nitrogens with two attached hydrogens (primary N) is 1. The summed E-state index contributed by atoms with van der Waals surface area (Å²) in [5.41, 5.74) is 7.62. The first-order valence-corrected chi connectivity index (χ1v) is 13.8. The lowest BCUT2D eigenvalue weighted by Crippen LogP contribution is -2.35. The Labute approximate surface area is 225 Å². The molecule has 0 saturated carbocycles.